The summed E-state index contributed by atoms with van der Waals surface area (Å²) in [7, 11) is -4.09. The number of aryl methyl sites for hydroxylation is 1. The molecule has 1 N–H and O–H groups in total. The molecule has 0 unspecified atom stereocenters. The lowest BCUT2D eigenvalue weighted by molar-refractivity contribution is -0.140. The fourth-order valence-electron chi connectivity index (χ4n) is 4.17. The Kier molecular flexibility index (Phi) is 10.3. The maximum Gasteiger partial charge on any atom is 0.264 e. The second kappa shape index (κ2) is 13.4. The van der Waals surface area contributed by atoms with Crippen molar-refractivity contribution in [2.24, 2.45) is 0 Å². The monoisotopic (exact) mass is 555 g/mol. The van der Waals surface area contributed by atoms with Crippen molar-refractivity contribution in [1.82, 2.24) is 10.2 Å². The molecule has 202 valence electrons. The molecule has 0 fully saturated rings. The van der Waals surface area contributed by atoms with Crippen LogP contribution in [0.2, 0.25) is 5.02 Å². The van der Waals surface area contributed by atoms with Gasteiger partial charge >= 0.3 is 0 Å². The van der Waals surface area contributed by atoms with Crippen LogP contribution < -0.4 is 9.62 Å². The molecular weight excluding hydrogens is 522 g/mol. The first-order valence-electron chi connectivity index (χ1n) is 12.7. The van der Waals surface area contributed by atoms with Crippen molar-refractivity contribution in [1.29, 1.82) is 0 Å². The molecule has 0 saturated heterocycles. The van der Waals surface area contributed by atoms with Gasteiger partial charge in [0.2, 0.25) is 11.8 Å². The molecule has 0 bridgehead atoms. The fourth-order valence-corrected chi connectivity index (χ4v) is 5.80. The van der Waals surface area contributed by atoms with Crippen molar-refractivity contribution in [2.45, 2.75) is 51.1 Å². The highest BCUT2D eigenvalue weighted by Gasteiger charge is 2.33. The largest absolute Gasteiger partial charge is 0.355 e. The molecule has 7 nitrogen and oxygen atoms in total. The molecule has 0 aliphatic rings. The van der Waals surface area contributed by atoms with Gasteiger partial charge in [0.05, 0.1) is 10.6 Å². The highest BCUT2D eigenvalue weighted by Crippen LogP contribution is 2.26. The predicted molar refractivity (Wildman–Crippen MR) is 152 cm³/mol. The minimum atomic E-state index is -4.09. The number of halogens is 1. The number of carbonyl (C=O) groups is 2. The molecule has 0 spiro atoms. The molecule has 2 amide bonds. The molecule has 3 aromatic rings. The van der Waals surface area contributed by atoms with Crippen molar-refractivity contribution in [3.8, 4) is 0 Å². The Hall–Kier alpha value is -3.36. The summed E-state index contributed by atoms with van der Waals surface area (Å²) in [6, 6.07) is 21.4. The number of hydrogen-bond donors (Lipinski definition) is 1. The summed E-state index contributed by atoms with van der Waals surface area (Å²) >= 11 is 6.40. The number of likely N-dealkylation sites (N-methyl/N-ethyl adjacent to an activating group) is 1. The lowest BCUT2D eigenvalue weighted by Gasteiger charge is -2.33. The summed E-state index contributed by atoms with van der Waals surface area (Å²) < 4.78 is 28.7. The molecule has 0 heterocycles. The number of benzene rings is 3. The van der Waals surface area contributed by atoms with Gasteiger partial charge in [-0.3, -0.25) is 13.9 Å². The van der Waals surface area contributed by atoms with Gasteiger partial charge in [-0.25, -0.2) is 8.42 Å². The molecule has 3 aromatic carbocycles. The van der Waals surface area contributed by atoms with Crippen LogP contribution >= 0.6 is 11.6 Å². The van der Waals surface area contributed by atoms with Gasteiger partial charge in [0, 0.05) is 18.1 Å². The minimum Gasteiger partial charge on any atom is -0.355 e. The van der Waals surface area contributed by atoms with E-state index in [1.54, 1.807) is 61.5 Å². The van der Waals surface area contributed by atoms with Gasteiger partial charge in [0.25, 0.3) is 10.0 Å². The standard InChI is InChI=1S/C29H34ClN3O4S/c1-4-22-16-18-24(19-17-22)33(38(36,37)25-13-8-7-9-14-25)21-28(34)32(27(5-2)29(35)31-6-3)20-23-12-10-11-15-26(23)30/h7-19,27H,4-6,20-21H2,1-3H3,(H,31,35)/t27-/m1/s1. The molecular formula is C29H34ClN3O4S. The molecule has 0 aliphatic carbocycles. The summed E-state index contributed by atoms with van der Waals surface area (Å²) in [5, 5.41) is 3.25. The van der Waals surface area contributed by atoms with E-state index >= 15 is 0 Å². The van der Waals surface area contributed by atoms with Gasteiger partial charge in [0.15, 0.2) is 0 Å². The summed E-state index contributed by atoms with van der Waals surface area (Å²) in [5.74, 6) is -0.817. The van der Waals surface area contributed by atoms with E-state index in [0.717, 1.165) is 16.3 Å². The number of amides is 2. The predicted octanol–water partition coefficient (Wildman–Crippen LogP) is 5.04. The number of rotatable bonds is 12. The summed E-state index contributed by atoms with van der Waals surface area (Å²) in [6.07, 6.45) is 1.14. The van der Waals surface area contributed by atoms with E-state index in [2.05, 4.69) is 5.32 Å². The average molecular weight is 556 g/mol. The van der Waals surface area contributed by atoms with Crippen molar-refractivity contribution in [2.75, 3.05) is 17.4 Å². The second-order valence-corrected chi connectivity index (χ2v) is 11.0. The molecule has 0 saturated carbocycles. The number of sulfonamides is 1. The van der Waals surface area contributed by atoms with Gasteiger partial charge in [-0.2, -0.15) is 0 Å². The van der Waals surface area contributed by atoms with Gasteiger partial charge in [-0.05, 0) is 61.2 Å². The Morgan fingerprint density at radius 2 is 1.53 bits per heavy atom. The SMILES string of the molecule is CCNC(=O)[C@@H](CC)N(Cc1ccccc1Cl)C(=O)CN(c1ccc(CC)cc1)S(=O)(=O)c1ccccc1. The molecule has 0 aliphatic heterocycles. The highest BCUT2D eigenvalue weighted by atomic mass is 35.5. The van der Waals surface area contributed by atoms with Crippen LogP contribution in [0.3, 0.4) is 0 Å². The van der Waals surface area contributed by atoms with Crippen LogP contribution in [0.1, 0.15) is 38.3 Å². The zero-order valence-electron chi connectivity index (χ0n) is 21.9. The molecule has 9 heteroatoms. The lowest BCUT2D eigenvalue weighted by Crippen LogP contribution is -2.52. The lowest BCUT2D eigenvalue weighted by atomic mass is 10.1. The van der Waals surface area contributed by atoms with Gasteiger partial charge in [0.1, 0.15) is 12.6 Å². The van der Waals surface area contributed by atoms with E-state index in [-0.39, 0.29) is 17.3 Å². The maximum atomic E-state index is 13.9. The molecule has 1 atom stereocenters. The van der Waals surface area contributed by atoms with Crippen LogP contribution in [0, 0.1) is 0 Å². The quantitative estimate of drug-likeness (QED) is 0.339. The highest BCUT2D eigenvalue weighted by molar-refractivity contribution is 7.92. The first kappa shape index (κ1) is 29.2. The zero-order chi connectivity index (χ0) is 27.7. The number of carbonyl (C=O) groups excluding carboxylic acids is 2. The summed E-state index contributed by atoms with van der Waals surface area (Å²) in [4.78, 5) is 28.4. The van der Waals surface area contributed by atoms with Crippen LogP contribution in [0.15, 0.2) is 83.8 Å². The van der Waals surface area contributed by atoms with E-state index < -0.39 is 28.5 Å². The molecule has 38 heavy (non-hydrogen) atoms. The normalized spacial score (nSPS) is 12.0. The third-order valence-electron chi connectivity index (χ3n) is 6.28. The van der Waals surface area contributed by atoms with E-state index in [1.807, 2.05) is 26.0 Å². The first-order valence-corrected chi connectivity index (χ1v) is 14.5. The smallest absolute Gasteiger partial charge is 0.264 e. The molecule has 0 radical (unpaired) electrons. The van der Waals surface area contributed by atoms with Crippen LogP contribution in [-0.2, 0) is 32.6 Å². The Morgan fingerprint density at radius 1 is 0.895 bits per heavy atom. The number of anilines is 1. The Bertz CT molecular complexity index is 1330. The van der Waals surface area contributed by atoms with Crippen LogP contribution in [0.4, 0.5) is 5.69 Å². The minimum absolute atomic E-state index is 0.0577. The molecule has 0 aromatic heterocycles. The van der Waals surface area contributed by atoms with Gasteiger partial charge in [-0.1, -0.05) is 74.0 Å². The van der Waals surface area contributed by atoms with Gasteiger partial charge < -0.3 is 10.2 Å². The Labute approximate surface area is 230 Å². The third-order valence-corrected chi connectivity index (χ3v) is 8.43. The van der Waals surface area contributed by atoms with Crippen molar-refractivity contribution in [3.05, 3.63) is 95.0 Å². The van der Waals surface area contributed by atoms with Crippen molar-refractivity contribution in [3.63, 3.8) is 0 Å². The number of nitrogens with zero attached hydrogens (tertiary/aromatic N) is 2. The zero-order valence-corrected chi connectivity index (χ0v) is 23.5. The number of hydrogen-bond acceptors (Lipinski definition) is 4. The Balaban J connectivity index is 2.06. The fraction of sp³-hybridized carbons (Fsp3) is 0.310. The molecule has 3 rings (SSSR count). The topological polar surface area (TPSA) is 86.8 Å². The Morgan fingerprint density at radius 3 is 2.11 bits per heavy atom. The number of nitrogens with one attached hydrogen (secondary N) is 1. The first-order chi connectivity index (χ1) is 18.2. The van der Waals surface area contributed by atoms with E-state index in [0.29, 0.717) is 29.2 Å². The van der Waals surface area contributed by atoms with Crippen LogP contribution in [0.5, 0.6) is 0 Å². The van der Waals surface area contributed by atoms with Crippen molar-refractivity contribution < 1.29 is 18.0 Å². The van der Waals surface area contributed by atoms with Crippen LogP contribution in [0.25, 0.3) is 0 Å². The maximum absolute atomic E-state index is 13.9. The van der Waals surface area contributed by atoms with Crippen molar-refractivity contribution >= 4 is 39.1 Å². The second-order valence-electron chi connectivity index (χ2n) is 8.78. The summed E-state index contributed by atoms with van der Waals surface area (Å²) in [5.41, 5.74) is 2.07. The van der Waals surface area contributed by atoms with E-state index in [4.69, 9.17) is 11.6 Å². The van der Waals surface area contributed by atoms with E-state index in [1.165, 1.54) is 17.0 Å². The van der Waals surface area contributed by atoms with E-state index in [9.17, 15) is 18.0 Å². The average Bonchev–Trinajstić information content (AvgIpc) is 2.93. The van der Waals surface area contributed by atoms with Crippen LogP contribution in [-0.4, -0.2) is 44.3 Å². The van der Waals surface area contributed by atoms with Gasteiger partial charge in [-0.15, -0.1) is 0 Å². The summed E-state index contributed by atoms with van der Waals surface area (Å²) in [6.45, 7) is 5.61. The third kappa shape index (κ3) is 6.94.